The van der Waals surface area contributed by atoms with Crippen molar-refractivity contribution in [3.63, 3.8) is 0 Å². The molecule has 1 saturated heterocycles. The van der Waals surface area contributed by atoms with Crippen LogP contribution >= 0.6 is 0 Å². The summed E-state index contributed by atoms with van der Waals surface area (Å²) in [5.74, 6) is 0.569. The van der Waals surface area contributed by atoms with Crippen molar-refractivity contribution in [3.8, 4) is 11.3 Å². The lowest BCUT2D eigenvalue weighted by Crippen LogP contribution is -2.42. The number of piperidine rings is 1. The van der Waals surface area contributed by atoms with E-state index in [1.165, 1.54) is 11.6 Å². The molecule has 3 rings (SSSR count). The molecule has 11 heteroatoms. The van der Waals surface area contributed by atoms with Gasteiger partial charge in [-0.25, -0.2) is 8.42 Å². The zero-order chi connectivity index (χ0) is 25.1. The van der Waals surface area contributed by atoms with E-state index in [1.807, 2.05) is 0 Å². The van der Waals surface area contributed by atoms with Crippen molar-refractivity contribution in [2.75, 3.05) is 35.9 Å². The molecule has 34 heavy (non-hydrogen) atoms. The van der Waals surface area contributed by atoms with Gasteiger partial charge in [0.25, 0.3) is 0 Å². The van der Waals surface area contributed by atoms with Crippen LogP contribution < -0.4 is 10.0 Å². The van der Waals surface area contributed by atoms with Crippen molar-refractivity contribution in [1.82, 2.24) is 15.1 Å². The number of nitrogens with one attached hydrogen (secondary N) is 2. The standard InChI is InChI=1S/C23H30F3N5O2S/c1-15(2)9-11-31-10-5-6-18(14-31)27-21-12-16(3)22(29-28-21)19-8-7-17(23(24,25)26)13-20(19)30-34(4,32)33/h7-9,12-13,18,30H,5-6,10-11,14H2,1-4H3,(H,27,28)/t18-/m1/s1. The highest BCUT2D eigenvalue weighted by Crippen LogP contribution is 2.36. The van der Waals surface area contributed by atoms with E-state index in [2.05, 4.69) is 45.1 Å². The number of likely N-dealkylation sites (tertiary alicyclic amines) is 1. The van der Waals surface area contributed by atoms with E-state index in [4.69, 9.17) is 0 Å². The molecule has 2 heterocycles. The van der Waals surface area contributed by atoms with Gasteiger partial charge in [-0.15, -0.1) is 10.2 Å². The molecule has 0 radical (unpaired) electrons. The first-order chi connectivity index (χ1) is 15.8. The number of nitrogens with zero attached hydrogens (tertiary/aromatic N) is 3. The molecule has 0 aliphatic carbocycles. The summed E-state index contributed by atoms with van der Waals surface area (Å²) >= 11 is 0. The Morgan fingerprint density at radius 1 is 1.24 bits per heavy atom. The second-order valence-corrected chi connectivity index (χ2v) is 10.7. The highest BCUT2D eigenvalue weighted by atomic mass is 32.2. The Labute approximate surface area is 198 Å². The maximum Gasteiger partial charge on any atom is 0.416 e. The molecule has 1 aliphatic heterocycles. The van der Waals surface area contributed by atoms with Crippen LogP contribution in [0, 0.1) is 6.92 Å². The molecule has 1 atom stereocenters. The summed E-state index contributed by atoms with van der Waals surface area (Å²) in [5.41, 5.74) is 1.31. The zero-order valence-corrected chi connectivity index (χ0v) is 20.5. The van der Waals surface area contributed by atoms with Crippen molar-refractivity contribution in [1.29, 1.82) is 0 Å². The van der Waals surface area contributed by atoms with Crippen LogP contribution in [0.15, 0.2) is 35.9 Å². The number of sulfonamides is 1. The van der Waals surface area contributed by atoms with Gasteiger partial charge in [0.1, 0.15) is 5.82 Å². The molecule has 1 aromatic heterocycles. The molecule has 0 bridgehead atoms. The van der Waals surface area contributed by atoms with Crippen molar-refractivity contribution in [3.05, 3.63) is 47.0 Å². The Balaban J connectivity index is 1.84. The summed E-state index contributed by atoms with van der Waals surface area (Å²) in [6.45, 7) is 8.72. The smallest absolute Gasteiger partial charge is 0.365 e. The molecule has 2 N–H and O–H groups in total. The third kappa shape index (κ3) is 7.17. The van der Waals surface area contributed by atoms with Gasteiger partial charge >= 0.3 is 6.18 Å². The highest BCUT2D eigenvalue weighted by Gasteiger charge is 2.32. The predicted octanol–water partition coefficient (Wildman–Crippen LogP) is 4.68. The summed E-state index contributed by atoms with van der Waals surface area (Å²) in [6, 6.07) is 4.86. The minimum atomic E-state index is -4.61. The highest BCUT2D eigenvalue weighted by molar-refractivity contribution is 7.92. The second kappa shape index (κ2) is 10.3. The third-order valence-corrected chi connectivity index (χ3v) is 6.09. The van der Waals surface area contributed by atoms with Crippen LogP contribution in [-0.4, -0.2) is 55.4 Å². The van der Waals surface area contributed by atoms with Crippen LogP contribution in [0.4, 0.5) is 24.7 Å². The minimum Gasteiger partial charge on any atom is -0.365 e. The summed E-state index contributed by atoms with van der Waals surface area (Å²) in [5, 5.41) is 11.9. The molecular formula is C23H30F3N5O2S. The molecule has 7 nitrogen and oxygen atoms in total. The Hall–Kier alpha value is -2.66. The average molecular weight is 498 g/mol. The zero-order valence-electron chi connectivity index (χ0n) is 19.7. The quantitative estimate of drug-likeness (QED) is 0.540. The lowest BCUT2D eigenvalue weighted by molar-refractivity contribution is -0.137. The van der Waals surface area contributed by atoms with E-state index in [9.17, 15) is 21.6 Å². The Morgan fingerprint density at radius 2 is 1.97 bits per heavy atom. The van der Waals surface area contributed by atoms with Crippen LogP contribution in [0.5, 0.6) is 0 Å². The second-order valence-electron chi connectivity index (χ2n) is 8.92. The monoisotopic (exact) mass is 497 g/mol. The van der Waals surface area contributed by atoms with Gasteiger partial charge in [0.2, 0.25) is 10.0 Å². The van der Waals surface area contributed by atoms with Gasteiger partial charge in [0.15, 0.2) is 0 Å². The van der Waals surface area contributed by atoms with E-state index >= 15 is 0 Å². The number of anilines is 2. The number of aromatic nitrogens is 2. The molecule has 1 aliphatic rings. The predicted molar refractivity (Wildman–Crippen MR) is 128 cm³/mol. The van der Waals surface area contributed by atoms with Gasteiger partial charge in [-0.2, -0.15) is 13.2 Å². The maximum atomic E-state index is 13.2. The van der Waals surface area contributed by atoms with Crippen LogP contribution in [0.2, 0.25) is 0 Å². The van der Waals surface area contributed by atoms with E-state index in [0.29, 0.717) is 17.1 Å². The number of rotatable bonds is 7. The Bertz CT molecular complexity index is 1160. The lowest BCUT2D eigenvalue weighted by atomic mass is 10.0. The van der Waals surface area contributed by atoms with Gasteiger partial charge in [0.05, 0.1) is 23.2 Å². The number of alkyl halides is 3. The number of allylic oxidation sites excluding steroid dienone is 1. The molecule has 0 amide bonds. The first-order valence-electron chi connectivity index (χ1n) is 11.0. The van der Waals surface area contributed by atoms with Crippen LogP contribution in [0.25, 0.3) is 11.3 Å². The van der Waals surface area contributed by atoms with Crippen molar-refractivity contribution in [2.24, 2.45) is 0 Å². The molecule has 0 saturated carbocycles. The largest absolute Gasteiger partial charge is 0.416 e. The Morgan fingerprint density at radius 3 is 2.59 bits per heavy atom. The maximum absolute atomic E-state index is 13.2. The van der Waals surface area contributed by atoms with Crippen molar-refractivity contribution in [2.45, 2.75) is 45.8 Å². The summed E-state index contributed by atoms with van der Waals surface area (Å²) < 4.78 is 65.3. The molecule has 186 valence electrons. The fraction of sp³-hybridized carbons (Fsp3) is 0.478. The van der Waals surface area contributed by atoms with E-state index in [0.717, 1.165) is 50.9 Å². The first-order valence-corrected chi connectivity index (χ1v) is 12.9. The summed E-state index contributed by atoms with van der Waals surface area (Å²) in [7, 11) is -3.81. The number of halogens is 3. The molecule has 0 unspecified atom stereocenters. The van der Waals surface area contributed by atoms with Crippen molar-refractivity contribution >= 4 is 21.5 Å². The molecule has 1 fully saturated rings. The SMILES string of the molecule is CC(C)=CCN1CCC[C@@H](Nc2cc(C)c(-c3ccc(C(F)(F)F)cc3NS(C)(=O)=O)nn2)C1. The number of hydrogen-bond acceptors (Lipinski definition) is 6. The summed E-state index contributed by atoms with van der Waals surface area (Å²) in [4.78, 5) is 2.37. The van der Waals surface area contributed by atoms with Crippen LogP contribution in [0.3, 0.4) is 0 Å². The summed E-state index contributed by atoms with van der Waals surface area (Å²) in [6.07, 6.45) is 0.529. The van der Waals surface area contributed by atoms with Gasteiger partial charge in [-0.3, -0.25) is 9.62 Å². The molecule has 1 aromatic carbocycles. The first kappa shape index (κ1) is 26.0. The van der Waals surface area contributed by atoms with Crippen LogP contribution in [0.1, 0.15) is 37.8 Å². The fourth-order valence-electron chi connectivity index (χ4n) is 3.89. The molecule has 2 aromatic rings. The van der Waals surface area contributed by atoms with Crippen LogP contribution in [-0.2, 0) is 16.2 Å². The molecule has 0 spiro atoms. The topological polar surface area (TPSA) is 87.2 Å². The number of aryl methyl sites for hydroxylation is 1. The van der Waals surface area contributed by atoms with Gasteiger partial charge in [-0.05, 0) is 63.9 Å². The average Bonchev–Trinajstić information content (AvgIpc) is 2.71. The third-order valence-electron chi connectivity index (χ3n) is 5.50. The van der Waals surface area contributed by atoms with Gasteiger partial charge in [0, 0.05) is 24.7 Å². The normalized spacial score (nSPS) is 17.3. The van der Waals surface area contributed by atoms with Gasteiger partial charge < -0.3 is 5.32 Å². The minimum absolute atomic E-state index is 0.197. The fourth-order valence-corrected chi connectivity index (χ4v) is 4.46. The lowest BCUT2D eigenvalue weighted by Gasteiger charge is -2.32. The van der Waals surface area contributed by atoms with E-state index in [1.54, 1.807) is 13.0 Å². The van der Waals surface area contributed by atoms with Gasteiger partial charge in [-0.1, -0.05) is 17.7 Å². The number of benzene rings is 1. The Kier molecular flexibility index (Phi) is 7.87. The molecular weight excluding hydrogens is 467 g/mol. The number of hydrogen-bond donors (Lipinski definition) is 2. The van der Waals surface area contributed by atoms with E-state index < -0.39 is 21.8 Å². The van der Waals surface area contributed by atoms with E-state index in [-0.39, 0.29) is 17.3 Å². The van der Waals surface area contributed by atoms with Crippen molar-refractivity contribution < 1.29 is 21.6 Å².